The van der Waals surface area contributed by atoms with Gasteiger partial charge in [-0.3, -0.25) is 9.59 Å². The number of unbranched alkanes of at least 4 members (excludes halogenated alkanes) is 14. The summed E-state index contributed by atoms with van der Waals surface area (Å²) < 4.78 is 17.1. The summed E-state index contributed by atoms with van der Waals surface area (Å²) in [7, 11) is 5.38. The molecule has 8 nitrogen and oxygen atoms in total. The van der Waals surface area contributed by atoms with Gasteiger partial charge in [0.25, 0.3) is 0 Å². The molecular formula is C47H77NO7. The Hall–Kier alpha value is -3.49. The Kier molecular flexibility index (Phi) is 35.1. The van der Waals surface area contributed by atoms with Gasteiger partial charge in [0.15, 0.2) is 6.10 Å². The molecule has 312 valence electrons. The molecule has 8 heteroatoms. The minimum Gasteiger partial charge on any atom is -0.544 e. The van der Waals surface area contributed by atoms with E-state index >= 15 is 0 Å². The number of carboxylic acids is 1. The third-order valence-electron chi connectivity index (χ3n) is 8.99. The second-order valence-electron chi connectivity index (χ2n) is 15.0. The van der Waals surface area contributed by atoms with Crippen LogP contribution in [0, 0.1) is 0 Å². The van der Waals surface area contributed by atoms with Crippen molar-refractivity contribution in [2.45, 2.75) is 154 Å². The van der Waals surface area contributed by atoms with E-state index in [4.69, 9.17) is 14.2 Å². The minimum absolute atomic E-state index is 0.0221. The van der Waals surface area contributed by atoms with E-state index in [9.17, 15) is 19.5 Å². The Balaban J connectivity index is 4.48. The molecule has 0 spiro atoms. The van der Waals surface area contributed by atoms with Crippen LogP contribution in [0.4, 0.5) is 0 Å². The standard InChI is InChI=1S/C47H77NO7/c1-6-8-10-12-14-16-18-20-21-22-23-24-25-26-28-29-31-33-35-37-45(49)54-42-43(41-53-40-39-44(47(51)52)48(3,4)5)55-46(50)38-36-34-32-30-27-19-17-15-13-11-9-7-2/h8,10,12,14,16,18,20-26,28,43-44H,6-7,9,11,13,15,17,19,27,29-42H2,1-5H3/b10-8+,14-12+,18-16+,21-20+,23-22+,25-24+,28-26+. The van der Waals surface area contributed by atoms with E-state index in [0.29, 0.717) is 19.3 Å². The normalized spacial score (nSPS) is 13.8. The number of allylic oxidation sites excluding steroid dienone is 14. The summed E-state index contributed by atoms with van der Waals surface area (Å²) in [6, 6.07) is -0.736. The number of esters is 2. The summed E-state index contributed by atoms with van der Waals surface area (Å²) in [4.78, 5) is 36.8. The summed E-state index contributed by atoms with van der Waals surface area (Å²) in [5.74, 6) is -1.80. The van der Waals surface area contributed by atoms with Gasteiger partial charge in [0, 0.05) is 19.3 Å². The van der Waals surface area contributed by atoms with Crippen molar-refractivity contribution in [3.8, 4) is 0 Å². The lowest BCUT2D eigenvalue weighted by Gasteiger charge is -2.34. The van der Waals surface area contributed by atoms with Gasteiger partial charge in [-0.25, -0.2) is 0 Å². The number of carbonyl (C=O) groups is 3. The summed E-state index contributed by atoms with van der Waals surface area (Å²) >= 11 is 0. The fourth-order valence-electron chi connectivity index (χ4n) is 5.70. The Morgan fingerprint density at radius 1 is 0.564 bits per heavy atom. The number of ether oxygens (including phenoxy) is 3. The Morgan fingerprint density at radius 2 is 1.02 bits per heavy atom. The Morgan fingerprint density at radius 3 is 1.51 bits per heavy atom. The number of hydrogen-bond acceptors (Lipinski definition) is 7. The van der Waals surface area contributed by atoms with E-state index in [0.717, 1.165) is 44.9 Å². The van der Waals surface area contributed by atoms with Crippen LogP contribution >= 0.6 is 0 Å². The van der Waals surface area contributed by atoms with Crippen molar-refractivity contribution in [1.29, 1.82) is 0 Å². The van der Waals surface area contributed by atoms with Crippen molar-refractivity contribution >= 4 is 17.9 Å². The molecule has 0 fully saturated rings. The minimum atomic E-state index is -1.14. The van der Waals surface area contributed by atoms with Crippen molar-refractivity contribution in [1.82, 2.24) is 0 Å². The fraction of sp³-hybridized carbons (Fsp3) is 0.638. The first-order valence-electron chi connectivity index (χ1n) is 21.2. The van der Waals surface area contributed by atoms with Gasteiger partial charge in [-0.05, 0) is 32.1 Å². The first-order valence-corrected chi connectivity index (χ1v) is 21.2. The van der Waals surface area contributed by atoms with Crippen LogP contribution in [0.25, 0.3) is 0 Å². The van der Waals surface area contributed by atoms with E-state index in [-0.39, 0.29) is 42.7 Å². The quantitative estimate of drug-likeness (QED) is 0.0271. The molecule has 0 aromatic heterocycles. The van der Waals surface area contributed by atoms with E-state index in [1.54, 1.807) is 21.1 Å². The van der Waals surface area contributed by atoms with E-state index in [1.165, 1.54) is 57.8 Å². The third kappa shape index (κ3) is 35.9. The Labute approximate surface area is 335 Å². The molecule has 0 aromatic rings. The molecule has 0 aromatic carbocycles. The second-order valence-corrected chi connectivity index (χ2v) is 15.0. The second kappa shape index (κ2) is 37.4. The van der Waals surface area contributed by atoms with Crippen LogP contribution in [0.2, 0.25) is 0 Å². The maximum Gasteiger partial charge on any atom is 0.306 e. The van der Waals surface area contributed by atoms with Crippen LogP contribution in [0.15, 0.2) is 85.1 Å². The highest BCUT2D eigenvalue weighted by molar-refractivity contribution is 5.70. The Bertz CT molecular complexity index is 1170. The number of aliphatic carboxylic acids is 1. The molecule has 0 N–H and O–H groups in total. The average Bonchev–Trinajstić information content (AvgIpc) is 3.14. The molecule has 0 bridgehead atoms. The number of nitrogens with zero attached hydrogens (tertiary/aromatic N) is 1. The molecule has 55 heavy (non-hydrogen) atoms. The van der Waals surface area contributed by atoms with Crippen molar-refractivity contribution in [3.63, 3.8) is 0 Å². The van der Waals surface area contributed by atoms with Crippen LogP contribution in [-0.2, 0) is 28.6 Å². The molecule has 2 atom stereocenters. The van der Waals surface area contributed by atoms with Crippen LogP contribution in [0.5, 0.6) is 0 Å². The maximum absolute atomic E-state index is 12.7. The number of rotatable bonds is 36. The van der Waals surface area contributed by atoms with Gasteiger partial charge >= 0.3 is 11.9 Å². The highest BCUT2D eigenvalue weighted by Crippen LogP contribution is 2.14. The van der Waals surface area contributed by atoms with E-state index in [1.807, 2.05) is 72.9 Å². The van der Waals surface area contributed by atoms with Crippen LogP contribution in [0.3, 0.4) is 0 Å². The molecular weight excluding hydrogens is 691 g/mol. The molecule has 0 amide bonds. The summed E-state index contributed by atoms with van der Waals surface area (Å²) in [5, 5.41) is 11.6. The molecule has 0 saturated carbocycles. The summed E-state index contributed by atoms with van der Waals surface area (Å²) in [5.41, 5.74) is 0. The predicted molar refractivity (Wildman–Crippen MR) is 226 cm³/mol. The van der Waals surface area contributed by atoms with Crippen LogP contribution in [-0.4, -0.2) is 75.5 Å². The lowest BCUT2D eigenvalue weighted by atomic mass is 10.0. The van der Waals surface area contributed by atoms with Crippen molar-refractivity contribution in [3.05, 3.63) is 85.1 Å². The topological polar surface area (TPSA) is 102 Å². The molecule has 2 unspecified atom stereocenters. The SMILES string of the molecule is CC/C=C/C=C/C=C/C=C/C=C/C=C/C=C/CCCCCC(=O)OCC(COCCC(C(=O)[O-])[N+](C)(C)C)OC(=O)CCCCCCCCCCCCCC. The van der Waals surface area contributed by atoms with Gasteiger partial charge in [0.2, 0.25) is 0 Å². The van der Waals surface area contributed by atoms with Gasteiger partial charge in [-0.1, -0.05) is 176 Å². The molecule has 0 rings (SSSR count). The molecule has 0 saturated heterocycles. The van der Waals surface area contributed by atoms with Gasteiger partial charge in [-0.15, -0.1) is 0 Å². The van der Waals surface area contributed by atoms with E-state index in [2.05, 4.69) is 26.0 Å². The van der Waals surface area contributed by atoms with Crippen LogP contribution in [0.1, 0.15) is 142 Å². The average molecular weight is 768 g/mol. The first kappa shape index (κ1) is 51.5. The first-order chi connectivity index (χ1) is 26.6. The highest BCUT2D eigenvalue weighted by atomic mass is 16.6. The molecule has 0 aliphatic heterocycles. The monoisotopic (exact) mass is 768 g/mol. The van der Waals surface area contributed by atoms with Gasteiger partial charge in [0.05, 0.1) is 40.3 Å². The van der Waals surface area contributed by atoms with Crippen molar-refractivity contribution in [2.75, 3.05) is 41.0 Å². The predicted octanol–water partition coefficient (Wildman–Crippen LogP) is 10.0. The fourth-order valence-corrected chi connectivity index (χ4v) is 5.70. The van der Waals surface area contributed by atoms with Crippen molar-refractivity contribution < 1.29 is 38.2 Å². The number of carbonyl (C=O) groups excluding carboxylic acids is 3. The highest BCUT2D eigenvalue weighted by Gasteiger charge is 2.25. The summed E-state index contributed by atoms with van der Waals surface area (Å²) in [6.07, 6.45) is 47.4. The largest absolute Gasteiger partial charge is 0.544 e. The summed E-state index contributed by atoms with van der Waals surface area (Å²) in [6.45, 7) is 4.44. The molecule has 0 aliphatic rings. The third-order valence-corrected chi connectivity index (χ3v) is 8.99. The zero-order valence-electron chi connectivity index (χ0n) is 35.3. The number of carboxylic acid groups (broad SMARTS) is 1. The molecule has 0 radical (unpaired) electrons. The number of hydrogen-bond donors (Lipinski definition) is 0. The van der Waals surface area contributed by atoms with Crippen molar-refractivity contribution in [2.24, 2.45) is 0 Å². The number of quaternary nitrogens is 1. The smallest absolute Gasteiger partial charge is 0.306 e. The molecule has 0 heterocycles. The maximum atomic E-state index is 12.7. The number of likely N-dealkylation sites (N-methyl/N-ethyl adjacent to an activating group) is 1. The van der Waals surface area contributed by atoms with Gasteiger partial charge in [0.1, 0.15) is 12.6 Å². The lowest BCUT2D eigenvalue weighted by molar-refractivity contribution is -0.889. The molecule has 0 aliphatic carbocycles. The zero-order chi connectivity index (χ0) is 40.7. The lowest BCUT2D eigenvalue weighted by Crippen LogP contribution is -2.55. The van der Waals surface area contributed by atoms with Gasteiger partial charge < -0.3 is 28.6 Å². The van der Waals surface area contributed by atoms with E-state index < -0.39 is 18.1 Å². The van der Waals surface area contributed by atoms with Crippen LogP contribution < -0.4 is 5.11 Å². The zero-order valence-corrected chi connectivity index (χ0v) is 35.3. The van der Waals surface area contributed by atoms with Gasteiger partial charge in [-0.2, -0.15) is 0 Å².